The molecule has 1 aromatic rings. The average Bonchev–Trinajstić information content (AvgIpc) is 3.20. The Hall–Kier alpha value is -1.27. The molecule has 0 aromatic carbocycles. The quantitative estimate of drug-likeness (QED) is 0.754. The van der Waals surface area contributed by atoms with E-state index in [1.54, 1.807) is 7.05 Å². The second-order valence-electron chi connectivity index (χ2n) is 6.50. The van der Waals surface area contributed by atoms with Crippen LogP contribution in [0.15, 0.2) is 0 Å². The zero-order valence-electron chi connectivity index (χ0n) is 13.5. The first-order valence-corrected chi connectivity index (χ1v) is 8.15. The summed E-state index contributed by atoms with van der Waals surface area (Å²) in [5.74, 6) is 0.420. The van der Waals surface area contributed by atoms with Crippen molar-refractivity contribution in [3.63, 3.8) is 0 Å². The first kappa shape index (κ1) is 16.1. The van der Waals surface area contributed by atoms with Crippen molar-refractivity contribution >= 4 is 27.9 Å². The lowest BCUT2D eigenvalue weighted by Crippen LogP contribution is -2.44. The number of nitrogens with zero attached hydrogens (tertiary/aromatic N) is 1. The third kappa shape index (κ3) is 3.32. The van der Waals surface area contributed by atoms with Gasteiger partial charge in [-0.05, 0) is 46.7 Å². The van der Waals surface area contributed by atoms with Crippen LogP contribution in [0.4, 0.5) is 10.7 Å². The Labute approximate surface area is 130 Å². The van der Waals surface area contributed by atoms with Gasteiger partial charge in [-0.2, -0.15) is 0 Å². The van der Waals surface area contributed by atoms with Crippen LogP contribution in [0.2, 0.25) is 0 Å². The molecule has 1 amide bonds. The van der Waals surface area contributed by atoms with E-state index in [0.29, 0.717) is 16.5 Å². The highest BCUT2D eigenvalue weighted by Crippen LogP contribution is 2.50. The third-order valence-electron chi connectivity index (χ3n) is 4.29. The fourth-order valence-corrected chi connectivity index (χ4v) is 3.25. The van der Waals surface area contributed by atoms with Crippen molar-refractivity contribution < 1.29 is 4.79 Å². The average molecular weight is 310 g/mol. The molecule has 0 aliphatic heterocycles. The molecule has 0 bridgehead atoms. The standard InChI is InChI=1S/C15H26N4OS/c1-15(2,19(4)5)8-18-14-10(9-6-7-9)11(16)12(21-14)13(20)17-3/h9,18H,6-8,16H2,1-5H3,(H,17,20). The van der Waals surface area contributed by atoms with Gasteiger partial charge in [0.2, 0.25) is 0 Å². The smallest absolute Gasteiger partial charge is 0.263 e. The fourth-order valence-electron chi connectivity index (χ4n) is 2.10. The van der Waals surface area contributed by atoms with Crippen molar-refractivity contribution in [3.8, 4) is 0 Å². The highest BCUT2D eigenvalue weighted by molar-refractivity contribution is 7.18. The number of hydrogen-bond acceptors (Lipinski definition) is 5. The van der Waals surface area contributed by atoms with Gasteiger partial charge in [-0.3, -0.25) is 4.79 Å². The summed E-state index contributed by atoms with van der Waals surface area (Å²) in [6.07, 6.45) is 2.33. The highest BCUT2D eigenvalue weighted by Gasteiger charge is 2.33. The van der Waals surface area contributed by atoms with Crippen LogP contribution in [0, 0.1) is 0 Å². The van der Waals surface area contributed by atoms with Gasteiger partial charge >= 0.3 is 0 Å². The third-order valence-corrected chi connectivity index (χ3v) is 5.47. The van der Waals surface area contributed by atoms with Gasteiger partial charge < -0.3 is 21.3 Å². The molecule has 1 aromatic heterocycles. The minimum absolute atomic E-state index is 0.0345. The van der Waals surface area contributed by atoms with Gasteiger partial charge in [0, 0.05) is 24.7 Å². The maximum absolute atomic E-state index is 11.9. The van der Waals surface area contributed by atoms with Crippen molar-refractivity contribution in [2.75, 3.05) is 38.7 Å². The Balaban J connectivity index is 2.24. The molecule has 0 atom stereocenters. The molecular formula is C15H26N4OS. The largest absolute Gasteiger partial charge is 0.397 e. The number of nitrogens with one attached hydrogen (secondary N) is 2. The monoisotopic (exact) mass is 310 g/mol. The fraction of sp³-hybridized carbons (Fsp3) is 0.667. The molecule has 0 spiro atoms. The topological polar surface area (TPSA) is 70.4 Å². The number of nitrogens with two attached hydrogens (primary N) is 1. The van der Waals surface area contributed by atoms with E-state index in [1.807, 2.05) is 0 Å². The Morgan fingerprint density at radius 1 is 1.43 bits per heavy atom. The SMILES string of the molecule is CNC(=O)c1sc(NCC(C)(C)N(C)C)c(C2CC2)c1N. The van der Waals surface area contributed by atoms with E-state index in [1.165, 1.54) is 24.2 Å². The van der Waals surface area contributed by atoms with Gasteiger partial charge in [0.1, 0.15) is 4.88 Å². The molecule has 1 fully saturated rings. The van der Waals surface area contributed by atoms with Crippen molar-refractivity contribution in [2.24, 2.45) is 0 Å². The van der Waals surface area contributed by atoms with Gasteiger partial charge in [-0.15, -0.1) is 11.3 Å². The van der Waals surface area contributed by atoms with Crippen LogP contribution >= 0.6 is 11.3 Å². The van der Waals surface area contributed by atoms with E-state index in [2.05, 4.69) is 43.5 Å². The summed E-state index contributed by atoms with van der Waals surface area (Å²) in [6, 6.07) is 0. The summed E-state index contributed by atoms with van der Waals surface area (Å²) in [7, 11) is 5.78. The summed E-state index contributed by atoms with van der Waals surface area (Å²) in [4.78, 5) is 14.8. The van der Waals surface area contributed by atoms with Crippen LogP contribution in [0.3, 0.4) is 0 Å². The Bertz CT molecular complexity index is 532. The van der Waals surface area contributed by atoms with Crippen molar-refractivity contribution in [2.45, 2.75) is 38.1 Å². The van der Waals surface area contributed by atoms with Crippen LogP contribution in [0.5, 0.6) is 0 Å². The van der Waals surface area contributed by atoms with Gasteiger partial charge in [0.25, 0.3) is 5.91 Å². The summed E-state index contributed by atoms with van der Waals surface area (Å²) < 4.78 is 0. The number of likely N-dealkylation sites (N-methyl/N-ethyl adjacent to an activating group) is 1. The second kappa shape index (κ2) is 5.85. The van der Waals surface area contributed by atoms with Crippen LogP contribution in [0.25, 0.3) is 0 Å². The number of anilines is 2. The molecule has 5 nitrogen and oxygen atoms in total. The summed E-state index contributed by atoms with van der Waals surface area (Å²) in [5.41, 5.74) is 8.06. The maximum atomic E-state index is 11.9. The zero-order chi connectivity index (χ0) is 15.8. The molecule has 1 aliphatic carbocycles. The van der Waals surface area contributed by atoms with Crippen LogP contribution < -0.4 is 16.4 Å². The number of amides is 1. The number of carbonyl (C=O) groups excluding carboxylic acids is 1. The van der Waals surface area contributed by atoms with E-state index >= 15 is 0 Å². The molecular weight excluding hydrogens is 284 g/mol. The molecule has 118 valence electrons. The Kier molecular flexibility index (Phi) is 4.49. The summed E-state index contributed by atoms with van der Waals surface area (Å²) >= 11 is 1.47. The van der Waals surface area contributed by atoms with Crippen LogP contribution in [-0.2, 0) is 0 Å². The van der Waals surface area contributed by atoms with Gasteiger partial charge in [-0.25, -0.2) is 0 Å². The molecule has 6 heteroatoms. The molecule has 0 unspecified atom stereocenters. The number of thiophene rings is 1. The van der Waals surface area contributed by atoms with E-state index in [0.717, 1.165) is 17.1 Å². The summed E-state index contributed by atoms with van der Waals surface area (Å²) in [5, 5.41) is 7.24. The van der Waals surface area contributed by atoms with Crippen molar-refractivity contribution in [1.82, 2.24) is 10.2 Å². The van der Waals surface area contributed by atoms with Crippen LogP contribution in [0.1, 0.15) is 47.8 Å². The van der Waals surface area contributed by atoms with Crippen molar-refractivity contribution in [1.29, 1.82) is 0 Å². The zero-order valence-corrected chi connectivity index (χ0v) is 14.4. The van der Waals surface area contributed by atoms with E-state index in [9.17, 15) is 4.79 Å². The minimum atomic E-state index is -0.0979. The maximum Gasteiger partial charge on any atom is 0.263 e. The van der Waals surface area contributed by atoms with E-state index in [4.69, 9.17) is 5.73 Å². The van der Waals surface area contributed by atoms with E-state index < -0.39 is 0 Å². The Morgan fingerprint density at radius 3 is 2.52 bits per heavy atom. The molecule has 0 saturated heterocycles. The number of nitrogen functional groups attached to an aromatic ring is 1. The van der Waals surface area contributed by atoms with E-state index in [-0.39, 0.29) is 11.4 Å². The molecule has 1 saturated carbocycles. The van der Waals surface area contributed by atoms with Crippen molar-refractivity contribution in [3.05, 3.63) is 10.4 Å². The van der Waals surface area contributed by atoms with Crippen LogP contribution in [-0.4, -0.2) is 44.0 Å². The molecule has 21 heavy (non-hydrogen) atoms. The van der Waals surface area contributed by atoms with Gasteiger partial charge in [-0.1, -0.05) is 0 Å². The Morgan fingerprint density at radius 2 is 2.05 bits per heavy atom. The molecule has 4 N–H and O–H groups in total. The lowest BCUT2D eigenvalue weighted by molar-refractivity contribution is 0.0968. The molecule has 2 rings (SSSR count). The minimum Gasteiger partial charge on any atom is -0.397 e. The predicted molar refractivity (Wildman–Crippen MR) is 90.4 cm³/mol. The lowest BCUT2D eigenvalue weighted by atomic mass is 10.0. The molecule has 1 aliphatic rings. The number of rotatable bonds is 6. The number of hydrogen-bond donors (Lipinski definition) is 3. The molecule has 1 heterocycles. The second-order valence-corrected chi connectivity index (χ2v) is 7.52. The van der Waals surface area contributed by atoms with Gasteiger partial charge in [0.15, 0.2) is 0 Å². The first-order chi connectivity index (χ1) is 9.77. The normalized spacial score (nSPS) is 15.3. The van der Waals surface area contributed by atoms with Gasteiger partial charge in [0.05, 0.1) is 10.7 Å². The predicted octanol–water partition coefficient (Wildman–Crippen LogP) is 2.32. The summed E-state index contributed by atoms with van der Waals surface area (Å²) in [6.45, 7) is 5.19. The molecule has 0 radical (unpaired) electrons. The highest BCUT2D eigenvalue weighted by atomic mass is 32.1. The first-order valence-electron chi connectivity index (χ1n) is 7.33. The number of carbonyl (C=O) groups is 1. The lowest BCUT2D eigenvalue weighted by Gasteiger charge is -2.33.